The Kier molecular flexibility index (Phi) is 8.81. The molecule has 2 amide bonds. The molecule has 1 saturated heterocycles. The first kappa shape index (κ1) is 19.9. The lowest BCUT2D eigenvalue weighted by atomic mass is 10.2. The average molecular weight is 336 g/mol. The van der Waals surface area contributed by atoms with Gasteiger partial charge < -0.3 is 20.7 Å². The number of hydrogen-bond acceptors (Lipinski definition) is 5. The summed E-state index contributed by atoms with van der Waals surface area (Å²) in [4.78, 5) is 26.4. The van der Waals surface area contributed by atoms with E-state index in [1.807, 2.05) is 38.1 Å². The van der Waals surface area contributed by atoms with Crippen LogP contribution in [0.25, 0.3) is 0 Å². The van der Waals surface area contributed by atoms with Gasteiger partial charge in [0.15, 0.2) is 0 Å². The number of hydrogen-bond donors (Lipinski definition) is 2. The Hall–Kier alpha value is -2.12. The molecule has 3 N–H and O–H groups in total. The van der Waals surface area contributed by atoms with Crippen molar-refractivity contribution in [2.45, 2.75) is 13.8 Å². The second-order valence-corrected chi connectivity index (χ2v) is 5.33. The van der Waals surface area contributed by atoms with Crippen LogP contribution in [0.3, 0.4) is 0 Å². The number of amides is 2. The third-order valence-corrected chi connectivity index (χ3v) is 3.37. The van der Waals surface area contributed by atoms with E-state index in [0.29, 0.717) is 0 Å². The number of rotatable bonds is 6. The van der Waals surface area contributed by atoms with Crippen LogP contribution in [0.1, 0.15) is 13.8 Å². The molecule has 1 heterocycles. The fourth-order valence-electron chi connectivity index (χ4n) is 2.34. The number of primary amides is 1. The van der Waals surface area contributed by atoms with E-state index in [1.165, 1.54) is 0 Å². The van der Waals surface area contributed by atoms with Gasteiger partial charge in [-0.25, -0.2) is 0 Å². The molecular formula is C17H28N4O3. The molecule has 1 aliphatic heterocycles. The Labute approximate surface area is 143 Å². The summed E-state index contributed by atoms with van der Waals surface area (Å²) in [6.45, 7) is 7.42. The Morgan fingerprint density at radius 3 is 2.29 bits per heavy atom. The minimum atomic E-state index is -0.454. The Bertz CT molecular complexity index is 513. The topological polar surface area (TPSA) is 87.9 Å². The number of carbonyl (C=O) groups excluding carboxylic acids is 2. The van der Waals surface area contributed by atoms with Gasteiger partial charge >= 0.3 is 0 Å². The molecule has 0 radical (unpaired) electrons. The summed E-state index contributed by atoms with van der Waals surface area (Å²) in [6, 6.07) is 7.70. The van der Waals surface area contributed by atoms with Gasteiger partial charge in [-0.05, 0) is 31.3 Å². The molecule has 0 aromatic heterocycles. The molecule has 0 saturated carbocycles. The highest BCUT2D eigenvalue weighted by molar-refractivity contribution is 5.92. The SMILES string of the molecule is CC.CN(CC(N)=O)CC(=O)Nc1ccc(N2CCOCC2)cc1. The fourth-order valence-corrected chi connectivity index (χ4v) is 2.34. The third-order valence-electron chi connectivity index (χ3n) is 3.37. The molecule has 0 aliphatic carbocycles. The summed E-state index contributed by atoms with van der Waals surface area (Å²) in [5, 5.41) is 2.80. The van der Waals surface area contributed by atoms with Gasteiger partial charge in [0.2, 0.25) is 11.8 Å². The third kappa shape index (κ3) is 6.97. The zero-order valence-electron chi connectivity index (χ0n) is 14.7. The van der Waals surface area contributed by atoms with Crippen LogP contribution in [-0.2, 0) is 14.3 Å². The molecule has 24 heavy (non-hydrogen) atoms. The molecule has 0 unspecified atom stereocenters. The standard InChI is InChI=1S/C15H22N4O3.C2H6/c1-18(10-14(16)20)11-15(21)17-12-2-4-13(5-3-12)19-6-8-22-9-7-19;1-2/h2-5H,6-11H2,1H3,(H2,16,20)(H,17,21);1-2H3. The first-order valence-corrected chi connectivity index (χ1v) is 8.24. The molecule has 7 heteroatoms. The minimum Gasteiger partial charge on any atom is -0.378 e. The van der Waals surface area contributed by atoms with Crippen LogP contribution in [0.4, 0.5) is 11.4 Å². The van der Waals surface area contributed by atoms with Gasteiger partial charge in [0.25, 0.3) is 0 Å². The van der Waals surface area contributed by atoms with Crippen LogP contribution >= 0.6 is 0 Å². The second-order valence-electron chi connectivity index (χ2n) is 5.33. The number of benzene rings is 1. The van der Waals surface area contributed by atoms with Crippen LogP contribution in [0.2, 0.25) is 0 Å². The maximum Gasteiger partial charge on any atom is 0.238 e. The quantitative estimate of drug-likeness (QED) is 0.806. The molecule has 0 bridgehead atoms. The summed E-state index contributed by atoms with van der Waals surface area (Å²) in [5.41, 5.74) is 6.93. The van der Waals surface area contributed by atoms with Crippen LogP contribution in [0.15, 0.2) is 24.3 Å². The van der Waals surface area contributed by atoms with Crippen molar-refractivity contribution in [3.8, 4) is 0 Å². The van der Waals surface area contributed by atoms with Crippen LogP contribution in [-0.4, -0.2) is 63.2 Å². The number of nitrogens with zero attached hydrogens (tertiary/aromatic N) is 2. The molecule has 1 aromatic rings. The lowest BCUT2D eigenvalue weighted by Gasteiger charge is -2.28. The maximum atomic E-state index is 11.9. The Morgan fingerprint density at radius 2 is 1.75 bits per heavy atom. The van der Waals surface area contributed by atoms with Crippen LogP contribution in [0.5, 0.6) is 0 Å². The molecule has 134 valence electrons. The number of nitrogens with one attached hydrogen (secondary N) is 1. The predicted octanol–water partition coefficient (Wildman–Crippen LogP) is 0.905. The van der Waals surface area contributed by atoms with E-state index in [1.54, 1.807) is 11.9 Å². The van der Waals surface area contributed by atoms with Crippen molar-refractivity contribution in [2.24, 2.45) is 5.73 Å². The maximum absolute atomic E-state index is 11.9. The van der Waals surface area contributed by atoms with Gasteiger partial charge in [0.05, 0.1) is 26.3 Å². The summed E-state index contributed by atoms with van der Waals surface area (Å²) in [6.07, 6.45) is 0. The Morgan fingerprint density at radius 1 is 1.17 bits per heavy atom. The lowest BCUT2D eigenvalue weighted by Crippen LogP contribution is -2.36. The van der Waals surface area contributed by atoms with Gasteiger partial charge in [0.1, 0.15) is 0 Å². The number of nitrogens with two attached hydrogens (primary N) is 1. The predicted molar refractivity (Wildman–Crippen MR) is 96.1 cm³/mol. The lowest BCUT2D eigenvalue weighted by molar-refractivity contribution is -0.120. The van der Waals surface area contributed by atoms with Crippen molar-refractivity contribution < 1.29 is 14.3 Å². The summed E-state index contributed by atoms with van der Waals surface area (Å²) >= 11 is 0. The smallest absolute Gasteiger partial charge is 0.238 e. The van der Waals surface area contributed by atoms with E-state index in [9.17, 15) is 9.59 Å². The highest BCUT2D eigenvalue weighted by atomic mass is 16.5. The van der Waals surface area contributed by atoms with Crippen molar-refractivity contribution >= 4 is 23.2 Å². The number of anilines is 2. The number of morpholine rings is 1. The minimum absolute atomic E-state index is 0.0589. The number of likely N-dealkylation sites (N-methyl/N-ethyl adjacent to an activating group) is 1. The van der Waals surface area contributed by atoms with E-state index < -0.39 is 5.91 Å². The molecule has 1 fully saturated rings. The molecule has 0 spiro atoms. The molecule has 2 rings (SSSR count). The average Bonchev–Trinajstić information content (AvgIpc) is 2.57. The van der Waals surface area contributed by atoms with Crippen molar-refractivity contribution in [2.75, 3.05) is 56.7 Å². The van der Waals surface area contributed by atoms with Gasteiger partial charge in [0, 0.05) is 24.5 Å². The van der Waals surface area contributed by atoms with E-state index >= 15 is 0 Å². The van der Waals surface area contributed by atoms with Gasteiger partial charge in [-0.1, -0.05) is 13.8 Å². The summed E-state index contributed by atoms with van der Waals surface area (Å²) in [7, 11) is 1.67. The number of carbonyl (C=O) groups is 2. The van der Waals surface area contributed by atoms with Crippen LogP contribution in [0, 0.1) is 0 Å². The first-order chi connectivity index (χ1) is 11.5. The normalized spacial score (nSPS) is 13.9. The van der Waals surface area contributed by atoms with Crippen LogP contribution < -0.4 is 16.0 Å². The number of ether oxygens (including phenoxy) is 1. The molecule has 1 aliphatic rings. The zero-order valence-corrected chi connectivity index (χ0v) is 14.7. The van der Waals surface area contributed by atoms with Crippen molar-refractivity contribution in [1.29, 1.82) is 0 Å². The molecule has 1 aromatic carbocycles. The zero-order chi connectivity index (χ0) is 17.9. The van der Waals surface area contributed by atoms with Crippen molar-refractivity contribution in [3.05, 3.63) is 24.3 Å². The molecule has 7 nitrogen and oxygen atoms in total. The van der Waals surface area contributed by atoms with E-state index in [0.717, 1.165) is 37.7 Å². The summed E-state index contributed by atoms with van der Waals surface area (Å²) in [5.74, 6) is -0.631. The van der Waals surface area contributed by atoms with Gasteiger partial charge in [-0.3, -0.25) is 14.5 Å². The van der Waals surface area contributed by atoms with E-state index in [-0.39, 0.29) is 19.0 Å². The van der Waals surface area contributed by atoms with E-state index in [4.69, 9.17) is 10.5 Å². The van der Waals surface area contributed by atoms with Crippen molar-refractivity contribution in [1.82, 2.24) is 4.90 Å². The highest BCUT2D eigenvalue weighted by Gasteiger charge is 2.12. The monoisotopic (exact) mass is 336 g/mol. The Balaban J connectivity index is 0.00000139. The molecule has 0 atom stereocenters. The summed E-state index contributed by atoms with van der Waals surface area (Å²) < 4.78 is 5.33. The van der Waals surface area contributed by atoms with E-state index in [2.05, 4.69) is 10.2 Å². The van der Waals surface area contributed by atoms with Gasteiger partial charge in [-0.15, -0.1) is 0 Å². The highest BCUT2D eigenvalue weighted by Crippen LogP contribution is 2.18. The molecular weight excluding hydrogens is 308 g/mol. The van der Waals surface area contributed by atoms with Gasteiger partial charge in [-0.2, -0.15) is 0 Å². The fraction of sp³-hybridized carbons (Fsp3) is 0.529. The van der Waals surface area contributed by atoms with Crippen molar-refractivity contribution in [3.63, 3.8) is 0 Å². The first-order valence-electron chi connectivity index (χ1n) is 8.24. The largest absolute Gasteiger partial charge is 0.378 e. The second kappa shape index (κ2) is 10.6.